The van der Waals surface area contributed by atoms with Crippen LogP contribution in [0.15, 0.2) is 22.7 Å². The van der Waals surface area contributed by atoms with E-state index in [4.69, 9.17) is 14.0 Å². The van der Waals surface area contributed by atoms with E-state index in [0.717, 1.165) is 19.3 Å². The summed E-state index contributed by atoms with van der Waals surface area (Å²) in [6, 6.07) is 4.86. The number of hydrogen-bond acceptors (Lipinski definition) is 7. The van der Waals surface area contributed by atoms with Gasteiger partial charge in [0.25, 0.3) is 5.91 Å². The standard InChI is InChI=1S/C21H30N4O5/c1-5-6-18-22-20(30-25-18)10-9-19(26)23-24-21(27)15-7-8-16(17(13-15)28-4)29-12-11-14(2)3/h7-8,13-14H,5-6,9-12H2,1-4H3,(H,23,26)(H,24,27). The van der Waals surface area contributed by atoms with Gasteiger partial charge in [-0.3, -0.25) is 20.4 Å². The van der Waals surface area contributed by atoms with Gasteiger partial charge >= 0.3 is 0 Å². The van der Waals surface area contributed by atoms with E-state index in [0.29, 0.717) is 47.7 Å². The summed E-state index contributed by atoms with van der Waals surface area (Å²) in [5.74, 6) is 1.77. The number of amides is 2. The quantitative estimate of drug-likeness (QED) is 0.539. The van der Waals surface area contributed by atoms with Gasteiger partial charge in [0.15, 0.2) is 17.3 Å². The Labute approximate surface area is 176 Å². The van der Waals surface area contributed by atoms with Crippen LogP contribution in [0.2, 0.25) is 0 Å². The maximum atomic E-state index is 12.3. The normalized spacial score (nSPS) is 10.7. The number of nitrogens with one attached hydrogen (secondary N) is 2. The highest BCUT2D eigenvalue weighted by atomic mass is 16.5. The van der Waals surface area contributed by atoms with E-state index in [2.05, 4.69) is 34.8 Å². The summed E-state index contributed by atoms with van der Waals surface area (Å²) in [6.45, 7) is 6.83. The second-order valence-corrected chi connectivity index (χ2v) is 7.25. The molecule has 0 saturated heterocycles. The Morgan fingerprint density at radius 1 is 1.17 bits per heavy atom. The SMILES string of the molecule is CCCc1noc(CCC(=O)NNC(=O)c2ccc(OCCC(C)C)c(OC)c2)n1. The maximum absolute atomic E-state index is 12.3. The van der Waals surface area contributed by atoms with Crippen molar-refractivity contribution in [2.75, 3.05) is 13.7 Å². The van der Waals surface area contributed by atoms with Crippen molar-refractivity contribution in [2.24, 2.45) is 5.92 Å². The number of carbonyl (C=O) groups excluding carboxylic acids is 2. The minimum atomic E-state index is -0.460. The summed E-state index contributed by atoms with van der Waals surface area (Å²) in [5, 5.41) is 3.84. The van der Waals surface area contributed by atoms with Gasteiger partial charge in [0.05, 0.1) is 13.7 Å². The largest absolute Gasteiger partial charge is 0.493 e. The third kappa shape index (κ3) is 7.38. The molecule has 1 aromatic heterocycles. The molecule has 0 unspecified atom stereocenters. The third-order valence-electron chi connectivity index (χ3n) is 4.24. The second-order valence-electron chi connectivity index (χ2n) is 7.25. The Balaban J connectivity index is 1.82. The number of ether oxygens (including phenoxy) is 2. The van der Waals surface area contributed by atoms with Crippen molar-refractivity contribution in [3.63, 3.8) is 0 Å². The average molecular weight is 418 g/mol. The maximum Gasteiger partial charge on any atom is 0.269 e. The first kappa shape index (κ1) is 23.2. The van der Waals surface area contributed by atoms with Gasteiger partial charge in [-0.2, -0.15) is 4.98 Å². The zero-order valence-corrected chi connectivity index (χ0v) is 18.0. The number of rotatable bonds is 11. The molecule has 9 nitrogen and oxygen atoms in total. The van der Waals surface area contributed by atoms with E-state index in [1.54, 1.807) is 18.2 Å². The molecule has 2 rings (SSSR count). The van der Waals surface area contributed by atoms with Crippen LogP contribution in [0.3, 0.4) is 0 Å². The van der Waals surface area contributed by atoms with Crippen LogP contribution < -0.4 is 20.3 Å². The molecule has 0 saturated carbocycles. The molecule has 1 heterocycles. The second kappa shape index (κ2) is 11.8. The highest BCUT2D eigenvalue weighted by Crippen LogP contribution is 2.28. The zero-order chi connectivity index (χ0) is 21.9. The lowest BCUT2D eigenvalue weighted by atomic mass is 10.1. The lowest BCUT2D eigenvalue weighted by Crippen LogP contribution is -2.41. The Morgan fingerprint density at radius 2 is 1.97 bits per heavy atom. The van der Waals surface area contributed by atoms with Crippen LogP contribution in [0.1, 0.15) is 62.1 Å². The van der Waals surface area contributed by atoms with Crippen LogP contribution in [-0.2, 0) is 17.6 Å². The summed E-state index contributed by atoms with van der Waals surface area (Å²) in [7, 11) is 1.51. The van der Waals surface area contributed by atoms with E-state index < -0.39 is 5.91 Å². The molecule has 2 aromatic rings. The third-order valence-corrected chi connectivity index (χ3v) is 4.24. The Kier molecular flexibility index (Phi) is 9.11. The van der Waals surface area contributed by atoms with Crippen molar-refractivity contribution in [3.8, 4) is 11.5 Å². The fourth-order valence-corrected chi connectivity index (χ4v) is 2.53. The number of hydrogen-bond donors (Lipinski definition) is 2. The fourth-order valence-electron chi connectivity index (χ4n) is 2.53. The molecule has 9 heteroatoms. The van der Waals surface area contributed by atoms with Gasteiger partial charge in [-0.15, -0.1) is 0 Å². The smallest absolute Gasteiger partial charge is 0.269 e. The molecule has 0 aliphatic carbocycles. The van der Waals surface area contributed by atoms with Gasteiger partial charge in [-0.05, 0) is 37.0 Å². The number of aromatic nitrogens is 2. The number of hydrazine groups is 1. The molecular weight excluding hydrogens is 388 g/mol. The van der Waals surface area contributed by atoms with Gasteiger partial charge in [-0.1, -0.05) is 25.9 Å². The molecule has 1 aromatic carbocycles. The van der Waals surface area contributed by atoms with E-state index in [-0.39, 0.29) is 12.3 Å². The molecule has 0 atom stereocenters. The monoisotopic (exact) mass is 418 g/mol. The molecule has 2 amide bonds. The van der Waals surface area contributed by atoms with E-state index in [1.165, 1.54) is 7.11 Å². The van der Waals surface area contributed by atoms with Crippen LogP contribution >= 0.6 is 0 Å². The molecule has 0 bridgehead atoms. The minimum Gasteiger partial charge on any atom is -0.493 e. The van der Waals surface area contributed by atoms with Crippen molar-refractivity contribution in [1.29, 1.82) is 0 Å². The summed E-state index contributed by atoms with van der Waals surface area (Å²) in [5.41, 5.74) is 5.11. The van der Waals surface area contributed by atoms with E-state index in [9.17, 15) is 9.59 Å². The molecule has 0 aliphatic heterocycles. The lowest BCUT2D eigenvalue weighted by molar-refractivity contribution is -0.121. The Morgan fingerprint density at radius 3 is 2.67 bits per heavy atom. The number of benzene rings is 1. The molecular formula is C21H30N4O5. The number of nitrogens with zero attached hydrogens (tertiary/aromatic N) is 2. The van der Waals surface area contributed by atoms with Gasteiger partial charge in [0, 0.05) is 24.8 Å². The van der Waals surface area contributed by atoms with E-state index >= 15 is 0 Å². The molecule has 164 valence electrons. The number of carbonyl (C=O) groups is 2. The highest BCUT2D eigenvalue weighted by Gasteiger charge is 2.13. The van der Waals surface area contributed by atoms with Gasteiger partial charge < -0.3 is 14.0 Å². The van der Waals surface area contributed by atoms with Crippen LogP contribution in [0.25, 0.3) is 0 Å². The van der Waals surface area contributed by atoms with Crippen molar-refractivity contribution in [3.05, 3.63) is 35.5 Å². The van der Waals surface area contributed by atoms with Gasteiger partial charge in [0.2, 0.25) is 11.8 Å². The number of methoxy groups -OCH3 is 1. The van der Waals surface area contributed by atoms with Gasteiger partial charge in [0.1, 0.15) is 0 Å². The van der Waals surface area contributed by atoms with Crippen LogP contribution in [0, 0.1) is 5.92 Å². The molecule has 0 radical (unpaired) electrons. The zero-order valence-electron chi connectivity index (χ0n) is 18.0. The first-order valence-corrected chi connectivity index (χ1v) is 10.1. The predicted molar refractivity (Wildman–Crippen MR) is 110 cm³/mol. The van der Waals surface area contributed by atoms with Crippen LogP contribution in [0.4, 0.5) is 0 Å². The number of aryl methyl sites for hydroxylation is 2. The van der Waals surface area contributed by atoms with Crippen molar-refractivity contribution in [2.45, 2.75) is 52.9 Å². The lowest BCUT2D eigenvalue weighted by Gasteiger charge is -2.13. The molecule has 30 heavy (non-hydrogen) atoms. The summed E-state index contributed by atoms with van der Waals surface area (Å²) in [6.07, 6.45) is 2.98. The molecule has 0 aliphatic rings. The summed E-state index contributed by atoms with van der Waals surface area (Å²) < 4.78 is 16.1. The molecule has 2 N–H and O–H groups in total. The predicted octanol–water partition coefficient (Wildman–Crippen LogP) is 2.85. The fraction of sp³-hybridized carbons (Fsp3) is 0.524. The Hall–Kier alpha value is -3.10. The van der Waals surface area contributed by atoms with E-state index in [1.807, 2.05) is 6.92 Å². The van der Waals surface area contributed by atoms with Gasteiger partial charge in [-0.25, -0.2) is 0 Å². The van der Waals surface area contributed by atoms with Crippen molar-refractivity contribution in [1.82, 2.24) is 21.0 Å². The average Bonchev–Trinajstić information content (AvgIpc) is 3.18. The Bertz CT molecular complexity index is 835. The van der Waals surface area contributed by atoms with Crippen molar-refractivity contribution < 1.29 is 23.6 Å². The topological polar surface area (TPSA) is 116 Å². The first-order valence-electron chi connectivity index (χ1n) is 10.1. The molecule has 0 spiro atoms. The first-order chi connectivity index (χ1) is 14.4. The minimum absolute atomic E-state index is 0.111. The van der Waals surface area contributed by atoms with Crippen LogP contribution in [-0.4, -0.2) is 35.7 Å². The summed E-state index contributed by atoms with van der Waals surface area (Å²) in [4.78, 5) is 28.5. The van der Waals surface area contributed by atoms with Crippen molar-refractivity contribution >= 4 is 11.8 Å². The van der Waals surface area contributed by atoms with Crippen LogP contribution in [0.5, 0.6) is 11.5 Å². The molecule has 0 fully saturated rings. The highest BCUT2D eigenvalue weighted by molar-refractivity contribution is 5.96. The summed E-state index contributed by atoms with van der Waals surface area (Å²) >= 11 is 0.